The molecule has 0 aromatic rings. The number of aliphatic hydroxyl groups is 1. The van der Waals surface area contributed by atoms with Crippen molar-refractivity contribution in [1.82, 2.24) is 9.80 Å². The van der Waals surface area contributed by atoms with Gasteiger partial charge in [0.2, 0.25) is 11.8 Å². The zero-order valence-corrected chi connectivity index (χ0v) is 23.9. The van der Waals surface area contributed by atoms with E-state index in [1.165, 1.54) is 0 Å². The maximum Gasteiger partial charge on any atom is 0.310 e. The monoisotopic (exact) mass is 522 g/mol. The lowest BCUT2D eigenvalue weighted by Gasteiger charge is -2.46. The molecule has 3 rings (SSSR count). The van der Waals surface area contributed by atoms with Gasteiger partial charge in [-0.2, -0.15) is 0 Å². The summed E-state index contributed by atoms with van der Waals surface area (Å²) in [5.74, 6) is -1.45. The maximum atomic E-state index is 14.6. The summed E-state index contributed by atoms with van der Waals surface area (Å²) in [5.41, 5.74) is -0.430. The van der Waals surface area contributed by atoms with E-state index in [9.17, 15) is 19.5 Å². The van der Waals surface area contributed by atoms with Gasteiger partial charge >= 0.3 is 5.97 Å². The minimum atomic E-state index is -0.613. The molecule has 1 spiro atoms. The average Bonchev–Trinajstić information content (AvgIpc) is 3.40. The predicted molar refractivity (Wildman–Crippen MR) is 143 cm³/mol. The van der Waals surface area contributed by atoms with Crippen molar-refractivity contribution in [2.24, 2.45) is 17.3 Å². The van der Waals surface area contributed by atoms with E-state index in [0.29, 0.717) is 25.9 Å². The molecule has 0 radical (unpaired) electrons. The number of likely N-dealkylation sites (tertiary alicyclic amines) is 1. The lowest BCUT2D eigenvalue weighted by atomic mass is 9.71. The van der Waals surface area contributed by atoms with Gasteiger partial charge in [-0.25, -0.2) is 0 Å². The third-order valence-electron chi connectivity index (χ3n) is 7.92. The van der Waals surface area contributed by atoms with Gasteiger partial charge in [-0.1, -0.05) is 26.8 Å². The van der Waals surface area contributed by atoms with E-state index in [1.807, 2.05) is 4.90 Å². The summed E-state index contributed by atoms with van der Waals surface area (Å²) in [4.78, 5) is 45.2. The van der Waals surface area contributed by atoms with Crippen LogP contribution in [0.25, 0.3) is 0 Å². The van der Waals surface area contributed by atoms with Crippen molar-refractivity contribution in [2.75, 3.05) is 26.3 Å². The zero-order chi connectivity index (χ0) is 26.9. The van der Waals surface area contributed by atoms with Gasteiger partial charge in [0.05, 0.1) is 23.2 Å². The second kappa shape index (κ2) is 11.1. The fourth-order valence-electron chi connectivity index (χ4n) is 7.06. The Bertz CT molecular complexity index is 853. The molecule has 3 saturated heterocycles. The minimum absolute atomic E-state index is 0.00899. The van der Waals surface area contributed by atoms with Crippen LogP contribution in [0.3, 0.4) is 0 Å². The highest BCUT2D eigenvalue weighted by Gasteiger charge is 2.74. The number of esters is 1. The van der Waals surface area contributed by atoms with Crippen LogP contribution in [0.2, 0.25) is 0 Å². The maximum absolute atomic E-state index is 14.6. The van der Waals surface area contributed by atoms with Crippen LogP contribution in [0.1, 0.15) is 80.1 Å². The molecule has 2 unspecified atom stereocenters. The Morgan fingerprint density at radius 2 is 1.94 bits per heavy atom. The molecule has 3 aliphatic heterocycles. The van der Waals surface area contributed by atoms with Crippen LogP contribution in [-0.4, -0.2) is 80.6 Å². The van der Waals surface area contributed by atoms with Crippen molar-refractivity contribution in [3.05, 3.63) is 12.7 Å². The third-order valence-corrected chi connectivity index (χ3v) is 9.87. The molecule has 8 heteroatoms. The minimum Gasteiger partial charge on any atom is -0.466 e. The van der Waals surface area contributed by atoms with Crippen LogP contribution >= 0.6 is 11.8 Å². The molecule has 0 aromatic heterocycles. The molecule has 0 aromatic carbocycles. The third kappa shape index (κ3) is 5.35. The van der Waals surface area contributed by atoms with Gasteiger partial charge in [0.25, 0.3) is 0 Å². The predicted octanol–water partition coefficient (Wildman–Crippen LogP) is 4.03. The van der Waals surface area contributed by atoms with Gasteiger partial charge < -0.3 is 19.6 Å². The molecule has 3 heterocycles. The summed E-state index contributed by atoms with van der Waals surface area (Å²) in [6, 6.07) is -0.613. The molecule has 2 bridgehead atoms. The van der Waals surface area contributed by atoms with Crippen LogP contribution in [-0.2, 0) is 19.1 Å². The molecule has 5 atom stereocenters. The number of carbonyl (C=O) groups excluding carboxylic acids is 3. The van der Waals surface area contributed by atoms with E-state index in [-0.39, 0.29) is 41.7 Å². The van der Waals surface area contributed by atoms with Crippen LogP contribution in [0.15, 0.2) is 12.7 Å². The first kappa shape index (κ1) is 29.0. The summed E-state index contributed by atoms with van der Waals surface area (Å²) in [6.45, 7) is 17.7. The first-order chi connectivity index (χ1) is 16.8. The number of hydrogen-bond donors (Lipinski definition) is 1. The van der Waals surface area contributed by atoms with Crippen LogP contribution in [0.4, 0.5) is 0 Å². The zero-order valence-electron chi connectivity index (χ0n) is 23.0. The van der Waals surface area contributed by atoms with Gasteiger partial charge in [-0.15, -0.1) is 18.3 Å². The average molecular weight is 523 g/mol. The first-order valence-electron chi connectivity index (χ1n) is 13.5. The fourth-order valence-corrected chi connectivity index (χ4v) is 9.26. The normalized spacial score (nSPS) is 29.4. The van der Waals surface area contributed by atoms with Crippen LogP contribution in [0.5, 0.6) is 0 Å². The number of amides is 2. The van der Waals surface area contributed by atoms with Gasteiger partial charge in [0.15, 0.2) is 0 Å². The van der Waals surface area contributed by atoms with Gasteiger partial charge in [0.1, 0.15) is 6.04 Å². The number of rotatable bonds is 12. The lowest BCUT2D eigenvalue weighted by molar-refractivity contribution is -0.153. The highest BCUT2D eigenvalue weighted by Crippen LogP contribution is 2.66. The highest BCUT2D eigenvalue weighted by molar-refractivity contribution is 8.02. The Morgan fingerprint density at radius 1 is 1.25 bits per heavy atom. The number of ether oxygens (including phenoxy) is 1. The largest absolute Gasteiger partial charge is 0.466 e. The Labute approximate surface area is 221 Å². The summed E-state index contributed by atoms with van der Waals surface area (Å²) < 4.78 is 4.80. The summed E-state index contributed by atoms with van der Waals surface area (Å²) in [6.07, 6.45) is 6.28. The van der Waals surface area contributed by atoms with Gasteiger partial charge in [-0.05, 0) is 64.7 Å². The highest BCUT2D eigenvalue weighted by atomic mass is 32.2. The number of nitrogens with zero attached hydrogens (tertiary/aromatic N) is 2. The number of hydrogen-bond acceptors (Lipinski definition) is 6. The molecule has 204 valence electrons. The van der Waals surface area contributed by atoms with E-state index < -0.39 is 28.2 Å². The fraction of sp³-hybridized carbons (Fsp3) is 0.821. The number of carbonyl (C=O) groups is 3. The molecule has 0 aliphatic carbocycles. The van der Waals surface area contributed by atoms with Crippen molar-refractivity contribution in [1.29, 1.82) is 0 Å². The number of thioether (sulfide) groups is 1. The quantitative estimate of drug-likeness (QED) is 0.237. The summed E-state index contributed by atoms with van der Waals surface area (Å²) in [5, 5.41) is 9.24. The van der Waals surface area contributed by atoms with Crippen molar-refractivity contribution < 1.29 is 24.2 Å². The summed E-state index contributed by atoms with van der Waals surface area (Å²) in [7, 11) is 0. The Balaban J connectivity index is 2.02. The van der Waals surface area contributed by atoms with E-state index in [1.54, 1.807) is 29.7 Å². The molecule has 3 fully saturated rings. The molecular formula is C28H46N2O5S. The van der Waals surface area contributed by atoms with Crippen molar-refractivity contribution in [3.63, 3.8) is 0 Å². The van der Waals surface area contributed by atoms with E-state index >= 15 is 0 Å². The number of unbranched alkanes of at least 4 members (excludes halogenated alkanes) is 2. The second-order valence-corrected chi connectivity index (χ2v) is 14.0. The first-order valence-corrected chi connectivity index (χ1v) is 14.4. The summed E-state index contributed by atoms with van der Waals surface area (Å²) >= 11 is 1.68. The van der Waals surface area contributed by atoms with E-state index in [2.05, 4.69) is 41.2 Å². The molecule has 36 heavy (non-hydrogen) atoms. The lowest BCUT2D eigenvalue weighted by Crippen LogP contribution is -2.60. The molecule has 3 aliphatic rings. The van der Waals surface area contributed by atoms with E-state index in [0.717, 1.165) is 25.7 Å². The Hall–Kier alpha value is -1.54. The SMILES string of the molecule is C=CCN(C(=O)C1N(CCCCCO)C(=O)[C@@H]2[C@H](C(=O)OCC)[C@@H]3CCC12S3)C(C)(C)CC(C)(C)C. The molecule has 1 N–H and O–H groups in total. The van der Waals surface area contributed by atoms with Crippen LogP contribution < -0.4 is 0 Å². The topological polar surface area (TPSA) is 87.2 Å². The Morgan fingerprint density at radius 3 is 2.53 bits per heavy atom. The van der Waals surface area contributed by atoms with Crippen molar-refractivity contribution in [2.45, 2.75) is 102 Å². The Kier molecular flexibility index (Phi) is 8.92. The van der Waals surface area contributed by atoms with Crippen molar-refractivity contribution in [3.8, 4) is 0 Å². The molecule has 0 saturated carbocycles. The number of fused-ring (bicyclic) bond motifs is 1. The second-order valence-electron chi connectivity index (χ2n) is 12.4. The van der Waals surface area contributed by atoms with E-state index in [4.69, 9.17) is 4.74 Å². The standard InChI is InChI=1S/C28H46N2O5S/c1-8-15-30(27(6,7)18-26(3,4)5)24(33)22-28-14-13-19(36-28)20(25(34)35-9-2)21(28)23(32)29(22)16-11-10-12-17-31/h8,19-22,31H,1,9-18H2,2-7H3/t19-,20+,21-,22?,28?/m0/s1. The van der Waals surface area contributed by atoms with Crippen molar-refractivity contribution >= 4 is 29.5 Å². The number of aliphatic hydroxyl groups excluding tert-OH is 1. The van der Waals surface area contributed by atoms with Gasteiger partial charge in [0, 0.05) is 30.5 Å². The van der Waals surface area contributed by atoms with Crippen LogP contribution in [0, 0.1) is 17.3 Å². The molecule has 2 amide bonds. The molecular weight excluding hydrogens is 476 g/mol. The molecule has 7 nitrogen and oxygen atoms in total. The smallest absolute Gasteiger partial charge is 0.310 e. The van der Waals surface area contributed by atoms with Gasteiger partial charge in [-0.3, -0.25) is 14.4 Å².